The smallest absolute Gasteiger partial charge is 0.299 e. The van der Waals surface area contributed by atoms with Gasteiger partial charge >= 0.3 is 5.91 Å². The number of carbonyl (C=O) groups is 1. The average molecular weight is 292 g/mol. The van der Waals surface area contributed by atoms with E-state index >= 15 is 0 Å². The summed E-state index contributed by atoms with van der Waals surface area (Å²) in [6.45, 7) is 1.69. The van der Waals surface area contributed by atoms with Crippen LogP contribution >= 0.6 is 15.9 Å². The van der Waals surface area contributed by atoms with Crippen molar-refractivity contribution in [1.82, 2.24) is 0 Å². The Kier molecular flexibility index (Phi) is 3.86. The first-order valence-corrected chi connectivity index (χ1v) is 6.53. The van der Waals surface area contributed by atoms with Crippen LogP contribution in [-0.2, 0) is 4.79 Å². The number of hydrogen-bond donors (Lipinski definition) is 0. The summed E-state index contributed by atoms with van der Waals surface area (Å²) < 4.78 is 0.983. The molecule has 0 atom stereocenters. The number of halogens is 1. The van der Waals surface area contributed by atoms with Gasteiger partial charge < -0.3 is 0 Å². The standard InChI is InChI=1S/C14H14BrNO/c1-2-5-14(17)16(12-7-4-8-12)13-9-3-6-11(15)10-13/h3,6,9-10,12H,4,7-8H2,1H3. The fourth-order valence-corrected chi connectivity index (χ4v) is 2.32. The van der Waals surface area contributed by atoms with Crippen molar-refractivity contribution in [3.05, 3.63) is 28.7 Å². The van der Waals surface area contributed by atoms with E-state index in [9.17, 15) is 4.79 Å². The van der Waals surface area contributed by atoms with Crippen LogP contribution in [0.15, 0.2) is 28.7 Å². The number of carbonyl (C=O) groups excluding carboxylic acids is 1. The molecule has 88 valence electrons. The van der Waals surface area contributed by atoms with Gasteiger partial charge in [0, 0.05) is 16.2 Å². The monoisotopic (exact) mass is 291 g/mol. The first kappa shape index (κ1) is 12.2. The van der Waals surface area contributed by atoms with Crippen LogP contribution < -0.4 is 4.90 Å². The van der Waals surface area contributed by atoms with E-state index in [0.717, 1.165) is 23.0 Å². The molecule has 2 nitrogen and oxygen atoms in total. The van der Waals surface area contributed by atoms with E-state index in [1.54, 1.807) is 6.92 Å². The lowest BCUT2D eigenvalue weighted by molar-refractivity contribution is -0.114. The summed E-state index contributed by atoms with van der Waals surface area (Å²) in [5, 5.41) is 0. The third kappa shape index (κ3) is 2.70. The lowest BCUT2D eigenvalue weighted by Gasteiger charge is -2.36. The van der Waals surface area contributed by atoms with E-state index in [4.69, 9.17) is 0 Å². The summed E-state index contributed by atoms with van der Waals surface area (Å²) in [6, 6.07) is 8.14. The van der Waals surface area contributed by atoms with Gasteiger partial charge in [0.2, 0.25) is 0 Å². The topological polar surface area (TPSA) is 20.3 Å². The molecule has 0 N–H and O–H groups in total. The average Bonchev–Trinajstić information content (AvgIpc) is 2.23. The van der Waals surface area contributed by atoms with Crippen LogP contribution in [0.5, 0.6) is 0 Å². The first-order chi connectivity index (χ1) is 8.22. The molecule has 1 aromatic carbocycles. The Labute approximate surface area is 110 Å². The minimum Gasteiger partial charge on any atom is -0.299 e. The highest BCUT2D eigenvalue weighted by Crippen LogP contribution is 2.30. The van der Waals surface area contributed by atoms with Gasteiger partial charge in [0.25, 0.3) is 0 Å². The zero-order chi connectivity index (χ0) is 12.3. The molecule has 1 saturated carbocycles. The maximum Gasteiger partial charge on any atom is 0.303 e. The number of nitrogens with zero attached hydrogens (tertiary/aromatic N) is 1. The van der Waals surface area contributed by atoms with Crippen molar-refractivity contribution in [2.45, 2.75) is 32.2 Å². The predicted molar refractivity (Wildman–Crippen MR) is 72.7 cm³/mol. The Morgan fingerprint density at radius 2 is 2.24 bits per heavy atom. The molecule has 2 rings (SSSR count). The van der Waals surface area contributed by atoms with Crippen LogP contribution in [-0.4, -0.2) is 11.9 Å². The Balaban J connectivity index is 2.31. The van der Waals surface area contributed by atoms with Gasteiger partial charge in [-0.3, -0.25) is 9.69 Å². The molecule has 1 fully saturated rings. The Morgan fingerprint density at radius 1 is 1.47 bits per heavy atom. The van der Waals surface area contributed by atoms with Gasteiger partial charge in [0.1, 0.15) is 0 Å². The summed E-state index contributed by atoms with van der Waals surface area (Å²) in [7, 11) is 0. The van der Waals surface area contributed by atoms with Crippen molar-refractivity contribution in [3.63, 3.8) is 0 Å². The van der Waals surface area contributed by atoms with Gasteiger partial charge in [-0.05, 0) is 50.3 Å². The quantitative estimate of drug-likeness (QED) is 0.765. The van der Waals surface area contributed by atoms with Crippen LogP contribution in [0.1, 0.15) is 26.2 Å². The second-order valence-electron chi connectivity index (χ2n) is 4.11. The van der Waals surface area contributed by atoms with Crippen molar-refractivity contribution in [1.29, 1.82) is 0 Å². The van der Waals surface area contributed by atoms with Crippen molar-refractivity contribution in [2.75, 3.05) is 4.90 Å². The molecular weight excluding hydrogens is 278 g/mol. The molecule has 0 heterocycles. The second kappa shape index (κ2) is 5.37. The molecule has 17 heavy (non-hydrogen) atoms. The van der Waals surface area contributed by atoms with Gasteiger partial charge in [0.15, 0.2) is 0 Å². The summed E-state index contributed by atoms with van der Waals surface area (Å²) in [6.07, 6.45) is 3.34. The fourth-order valence-electron chi connectivity index (χ4n) is 1.93. The molecule has 0 spiro atoms. The number of amides is 1. The molecule has 1 amide bonds. The van der Waals surface area contributed by atoms with E-state index in [0.29, 0.717) is 6.04 Å². The molecule has 0 bridgehead atoms. The van der Waals surface area contributed by atoms with Crippen LogP contribution in [0.3, 0.4) is 0 Å². The molecular formula is C14H14BrNO. The minimum absolute atomic E-state index is 0.102. The predicted octanol–water partition coefficient (Wildman–Crippen LogP) is 3.36. The maximum atomic E-state index is 12.0. The van der Waals surface area contributed by atoms with Gasteiger partial charge in [-0.25, -0.2) is 0 Å². The van der Waals surface area contributed by atoms with Crippen molar-refractivity contribution in [3.8, 4) is 11.8 Å². The highest BCUT2D eigenvalue weighted by molar-refractivity contribution is 9.10. The summed E-state index contributed by atoms with van der Waals surface area (Å²) >= 11 is 3.43. The molecule has 1 aliphatic carbocycles. The van der Waals surface area contributed by atoms with Crippen molar-refractivity contribution in [2.24, 2.45) is 0 Å². The number of anilines is 1. The third-order valence-corrected chi connectivity index (χ3v) is 3.47. The summed E-state index contributed by atoms with van der Waals surface area (Å²) in [4.78, 5) is 13.9. The zero-order valence-corrected chi connectivity index (χ0v) is 11.3. The third-order valence-electron chi connectivity index (χ3n) is 2.98. The van der Waals surface area contributed by atoms with Crippen LogP contribution in [0, 0.1) is 11.8 Å². The Hall–Kier alpha value is -1.27. The summed E-state index contributed by atoms with van der Waals surface area (Å²) in [5.41, 5.74) is 0.928. The lowest BCUT2D eigenvalue weighted by atomic mass is 9.91. The largest absolute Gasteiger partial charge is 0.303 e. The van der Waals surface area contributed by atoms with E-state index in [-0.39, 0.29) is 5.91 Å². The zero-order valence-electron chi connectivity index (χ0n) is 9.74. The molecule has 0 radical (unpaired) electrons. The summed E-state index contributed by atoms with van der Waals surface area (Å²) in [5.74, 6) is 5.22. The van der Waals surface area contributed by atoms with Gasteiger partial charge in [0.05, 0.1) is 0 Å². The molecule has 3 heteroatoms. The van der Waals surface area contributed by atoms with E-state index in [2.05, 4.69) is 27.8 Å². The van der Waals surface area contributed by atoms with Crippen LogP contribution in [0.2, 0.25) is 0 Å². The molecule has 1 aromatic rings. The maximum absolute atomic E-state index is 12.0. The second-order valence-corrected chi connectivity index (χ2v) is 5.03. The van der Waals surface area contributed by atoms with Gasteiger partial charge in [-0.15, -0.1) is 0 Å². The van der Waals surface area contributed by atoms with E-state index in [1.807, 2.05) is 29.2 Å². The fraction of sp³-hybridized carbons (Fsp3) is 0.357. The molecule has 0 aliphatic heterocycles. The Bertz CT molecular complexity index is 482. The van der Waals surface area contributed by atoms with Gasteiger partial charge in [-0.2, -0.15) is 0 Å². The first-order valence-electron chi connectivity index (χ1n) is 5.74. The Morgan fingerprint density at radius 3 is 2.76 bits per heavy atom. The van der Waals surface area contributed by atoms with Crippen molar-refractivity contribution < 1.29 is 4.79 Å². The molecule has 0 unspecified atom stereocenters. The van der Waals surface area contributed by atoms with Crippen LogP contribution in [0.4, 0.5) is 5.69 Å². The normalized spacial score (nSPS) is 14.5. The molecule has 0 saturated heterocycles. The number of hydrogen-bond acceptors (Lipinski definition) is 1. The van der Waals surface area contributed by atoms with Crippen LogP contribution in [0.25, 0.3) is 0 Å². The lowest BCUT2D eigenvalue weighted by Crippen LogP contribution is -2.44. The highest BCUT2D eigenvalue weighted by Gasteiger charge is 2.29. The van der Waals surface area contributed by atoms with Crippen molar-refractivity contribution >= 4 is 27.5 Å². The SMILES string of the molecule is CC#CC(=O)N(c1cccc(Br)c1)C1CCC1. The minimum atomic E-state index is -0.102. The molecule has 1 aliphatic rings. The number of rotatable bonds is 2. The van der Waals surface area contributed by atoms with E-state index < -0.39 is 0 Å². The number of benzene rings is 1. The van der Waals surface area contributed by atoms with E-state index in [1.165, 1.54) is 6.42 Å². The molecule has 0 aromatic heterocycles. The van der Waals surface area contributed by atoms with Gasteiger partial charge in [-0.1, -0.05) is 27.9 Å². The highest BCUT2D eigenvalue weighted by atomic mass is 79.9.